The second-order valence-corrected chi connectivity index (χ2v) is 7.81. The molecule has 1 N–H and O–H groups in total. The molecule has 0 saturated heterocycles. The molecule has 5 nitrogen and oxygen atoms in total. The average Bonchev–Trinajstić information content (AvgIpc) is 3.07. The fraction of sp³-hybridized carbons (Fsp3) is 0.318. The molecule has 0 spiro atoms. The summed E-state index contributed by atoms with van der Waals surface area (Å²) in [5.74, 6) is 0.729. The number of benzene rings is 2. The Labute approximate surface area is 170 Å². The summed E-state index contributed by atoms with van der Waals surface area (Å²) >= 11 is 5.40. The first-order valence-electron chi connectivity index (χ1n) is 9.60. The lowest BCUT2D eigenvalue weighted by Gasteiger charge is -2.33. The van der Waals surface area contributed by atoms with Gasteiger partial charge >= 0.3 is 0 Å². The number of carbonyl (C=O) groups is 1. The second-order valence-electron chi connectivity index (χ2n) is 7.42. The third-order valence-electron chi connectivity index (χ3n) is 5.53. The van der Waals surface area contributed by atoms with Gasteiger partial charge in [0.05, 0.1) is 6.04 Å². The number of nitrogens with zero attached hydrogens (tertiary/aromatic N) is 3. The summed E-state index contributed by atoms with van der Waals surface area (Å²) in [6, 6.07) is 16.6. The van der Waals surface area contributed by atoms with E-state index in [2.05, 4.69) is 34.5 Å². The van der Waals surface area contributed by atoms with Crippen molar-refractivity contribution in [1.82, 2.24) is 19.7 Å². The molecule has 28 heavy (non-hydrogen) atoms. The number of hydrogen-bond acceptors (Lipinski definition) is 3. The maximum Gasteiger partial charge on any atom is 0.242 e. The van der Waals surface area contributed by atoms with Crippen LogP contribution in [0.15, 0.2) is 48.5 Å². The van der Waals surface area contributed by atoms with E-state index >= 15 is 0 Å². The zero-order valence-electron chi connectivity index (χ0n) is 16.2. The largest absolute Gasteiger partial charge is 0.337 e. The Morgan fingerprint density at radius 1 is 1.29 bits per heavy atom. The van der Waals surface area contributed by atoms with Gasteiger partial charge in [-0.3, -0.25) is 14.5 Å². The molecule has 0 fully saturated rings. The van der Waals surface area contributed by atoms with E-state index in [9.17, 15) is 4.79 Å². The molecule has 0 radical (unpaired) electrons. The summed E-state index contributed by atoms with van der Waals surface area (Å²) in [5, 5.41) is 7.20. The van der Waals surface area contributed by atoms with Crippen molar-refractivity contribution in [2.75, 3.05) is 7.05 Å². The monoisotopic (exact) mass is 392 g/mol. The first kappa shape index (κ1) is 18.6. The smallest absolute Gasteiger partial charge is 0.242 e. The predicted molar refractivity (Wildman–Crippen MR) is 112 cm³/mol. The molecular formula is C22H24N4OS. The standard InChI is InChI=1S/C22H24N4OS/c1-15-7-5-10-17(13-15)21-23-24-22(28)26(21)14-20(27)25(2)19-12-6-9-16-8-3-4-11-18(16)19/h3-5,7-8,10-11,13,19H,6,9,12,14H2,1-2H3,(H,24,28). The Bertz CT molecular complexity index is 1070. The summed E-state index contributed by atoms with van der Waals surface area (Å²) in [6.07, 6.45) is 3.17. The van der Waals surface area contributed by atoms with Gasteiger partial charge in [0, 0.05) is 12.6 Å². The first-order valence-corrected chi connectivity index (χ1v) is 10.0. The zero-order valence-corrected chi connectivity index (χ0v) is 17.0. The molecule has 1 amide bonds. The van der Waals surface area contributed by atoms with Gasteiger partial charge in [0.1, 0.15) is 6.54 Å². The van der Waals surface area contributed by atoms with Crippen LogP contribution in [0.4, 0.5) is 0 Å². The Hall–Kier alpha value is -2.73. The summed E-state index contributed by atoms with van der Waals surface area (Å²) in [5.41, 5.74) is 4.70. The van der Waals surface area contributed by atoms with E-state index in [0.29, 0.717) is 10.6 Å². The summed E-state index contributed by atoms with van der Waals surface area (Å²) in [6.45, 7) is 2.21. The van der Waals surface area contributed by atoms with Crippen LogP contribution in [-0.4, -0.2) is 32.6 Å². The van der Waals surface area contributed by atoms with E-state index < -0.39 is 0 Å². The molecule has 1 unspecified atom stereocenters. The van der Waals surface area contributed by atoms with Crippen molar-refractivity contribution in [3.63, 3.8) is 0 Å². The van der Waals surface area contributed by atoms with Crippen LogP contribution < -0.4 is 0 Å². The predicted octanol–water partition coefficient (Wildman–Crippen LogP) is 4.45. The van der Waals surface area contributed by atoms with E-state index in [-0.39, 0.29) is 18.5 Å². The molecule has 1 aromatic heterocycles. The minimum absolute atomic E-state index is 0.0353. The molecule has 0 aliphatic heterocycles. The number of aromatic nitrogens is 3. The van der Waals surface area contributed by atoms with Gasteiger partial charge < -0.3 is 4.90 Å². The second kappa shape index (κ2) is 7.72. The number of rotatable bonds is 4. The van der Waals surface area contributed by atoms with Crippen LogP contribution in [0, 0.1) is 11.7 Å². The Morgan fingerprint density at radius 3 is 2.93 bits per heavy atom. The van der Waals surface area contributed by atoms with Crippen molar-refractivity contribution in [3.8, 4) is 11.4 Å². The van der Waals surface area contributed by atoms with Crippen molar-refractivity contribution in [2.24, 2.45) is 0 Å². The Kier molecular flexibility index (Phi) is 5.13. The van der Waals surface area contributed by atoms with Gasteiger partial charge in [0.15, 0.2) is 10.6 Å². The summed E-state index contributed by atoms with van der Waals surface area (Å²) in [4.78, 5) is 15.0. The number of amides is 1. The van der Waals surface area contributed by atoms with Gasteiger partial charge in [0.2, 0.25) is 5.91 Å². The van der Waals surface area contributed by atoms with Crippen LogP contribution in [0.3, 0.4) is 0 Å². The molecule has 2 aromatic carbocycles. The van der Waals surface area contributed by atoms with E-state index in [1.807, 2.05) is 43.1 Å². The molecule has 1 aliphatic rings. The lowest BCUT2D eigenvalue weighted by molar-refractivity contribution is -0.133. The van der Waals surface area contributed by atoms with Gasteiger partial charge in [-0.1, -0.05) is 48.0 Å². The van der Waals surface area contributed by atoms with Crippen LogP contribution in [0.1, 0.15) is 35.6 Å². The fourth-order valence-electron chi connectivity index (χ4n) is 4.02. The first-order chi connectivity index (χ1) is 13.5. The molecule has 1 heterocycles. The van der Waals surface area contributed by atoms with Crippen molar-refractivity contribution >= 4 is 18.1 Å². The molecule has 6 heteroatoms. The number of aryl methyl sites for hydroxylation is 2. The van der Waals surface area contributed by atoms with Crippen LogP contribution in [0.2, 0.25) is 0 Å². The molecule has 3 aromatic rings. The number of carbonyl (C=O) groups excluding carboxylic acids is 1. The SMILES string of the molecule is Cc1cccc(-c2n[nH]c(=S)n2CC(=O)N(C)C2CCCc3ccccc32)c1. The number of H-pyrrole nitrogens is 1. The maximum atomic E-state index is 13.1. The van der Waals surface area contributed by atoms with Crippen molar-refractivity contribution in [1.29, 1.82) is 0 Å². The number of nitrogens with one attached hydrogen (secondary N) is 1. The molecule has 144 valence electrons. The number of aromatic amines is 1. The molecule has 0 saturated carbocycles. The Balaban J connectivity index is 1.60. The summed E-state index contributed by atoms with van der Waals surface area (Å²) < 4.78 is 2.25. The molecule has 1 atom stereocenters. The van der Waals surface area contributed by atoms with Gasteiger partial charge in [-0.2, -0.15) is 5.10 Å². The minimum atomic E-state index is 0.0353. The Morgan fingerprint density at radius 2 is 2.11 bits per heavy atom. The highest BCUT2D eigenvalue weighted by Gasteiger charge is 2.27. The van der Waals surface area contributed by atoms with Gasteiger partial charge in [-0.15, -0.1) is 0 Å². The molecular weight excluding hydrogens is 368 g/mol. The quantitative estimate of drug-likeness (QED) is 0.667. The average molecular weight is 393 g/mol. The number of likely N-dealkylation sites (N-methyl/N-ethyl adjacent to an activating group) is 1. The fourth-order valence-corrected chi connectivity index (χ4v) is 4.22. The van der Waals surface area contributed by atoms with Crippen LogP contribution in [0.5, 0.6) is 0 Å². The van der Waals surface area contributed by atoms with Crippen LogP contribution in [-0.2, 0) is 17.8 Å². The van der Waals surface area contributed by atoms with E-state index in [1.54, 1.807) is 4.57 Å². The third-order valence-corrected chi connectivity index (χ3v) is 5.84. The van der Waals surface area contributed by atoms with Gasteiger partial charge in [-0.25, -0.2) is 0 Å². The van der Waals surface area contributed by atoms with Gasteiger partial charge in [-0.05, 0) is 55.6 Å². The van der Waals surface area contributed by atoms with E-state index in [1.165, 1.54) is 11.1 Å². The third kappa shape index (κ3) is 3.52. The number of fused-ring (bicyclic) bond motifs is 1. The van der Waals surface area contributed by atoms with Crippen LogP contribution >= 0.6 is 12.2 Å². The van der Waals surface area contributed by atoms with Crippen molar-refractivity contribution in [2.45, 2.75) is 38.8 Å². The topological polar surface area (TPSA) is 53.9 Å². The molecule has 1 aliphatic carbocycles. The summed E-state index contributed by atoms with van der Waals surface area (Å²) in [7, 11) is 1.89. The van der Waals surface area contributed by atoms with Crippen LogP contribution in [0.25, 0.3) is 11.4 Å². The lowest BCUT2D eigenvalue weighted by Crippen LogP contribution is -2.35. The normalized spacial score (nSPS) is 15.9. The van der Waals surface area contributed by atoms with Gasteiger partial charge in [0.25, 0.3) is 0 Å². The lowest BCUT2D eigenvalue weighted by atomic mass is 9.87. The molecule has 4 rings (SSSR count). The highest BCUT2D eigenvalue weighted by molar-refractivity contribution is 7.71. The minimum Gasteiger partial charge on any atom is -0.337 e. The number of hydrogen-bond donors (Lipinski definition) is 1. The highest BCUT2D eigenvalue weighted by Crippen LogP contribution is 2.33. The van der Waals surface area contributed by atoms with E-state index in [0.717, 1.165) is 30.4 Å². The zero-order chi connectivity index (χ0) is 19.7. The van der Waals surface area contributed by atoms with E-state index in [4.69, 9.17) is 12.2 Å². The maximum absolute atomic E-state index is 13.1. The highest BCUT2D eigenvalue weighted by atomic mass is 32.1. The molecule has 0 bridgehead atoms. The van der Waals surface area contributed by atoms with Crippen molar-refractivity contribution < 1.29 is 4.79 Å². The van der Waals surface area contributed by atoms with Crippen molar-refractivity contribution in [3.05, 3.63) is 70.0 Å².